The Morgan fingerprint density at radius 2 is 1.71 bits per heavy atom. The fourth-order valence-corrected chi connectivity index (χ4v) is 6.19. The fourth-order valence-electron chi connectivity index (χ4n) is 6.19. The maximum Gasteiger partial charge on any atom is 0.226 e. The molecule has 0 unspecified atom stereocenters. The van der Waals surface area contributed by atoms with Gasteiger partial charge in [0, 0.05) is 30.7 Å². The first kappa shape index (κ1) is 26.1. The monoisotopic (exact) mass is 488 g/mol. The first-order valence-corrected chi connectivity index (χ1v) is 13.2. The molecule has 0 aromatic heterocycles. The highest BCUT2D eigenvalue weighted by atomic mass is 19.1. The van der Waals surface area contributed by atoms with Gasteiger partial charge < -0.3 is 25.3 Å². The van der Waals surface area contributed by atoms with Crippen LogP contribution in [-0.4, -0.2) is 51.5 Å². The number of halogens is 1. The molecule has 4 saturated carbocycles. The zero-order valence-electron chi connectivity index (χ0n) is 21.0. The quantitative estimate of drug-likeness (QED) is 0.446. The van der Waals surface area contributed by atoms with E-state index in [9.17, 15) is 9.18 Å². The van der Waals surface area contributed by atoms with Crippen LogP contribution in [0.2, 0.25) is 0 Å². The van der Waals surface area contributed by atoms with Crippen molar-refractivity contribution >= 4 is 5.91 Å². The van der Waals surface area contributed by atoms with Gasteiger partial charge in [-0.2, -0.15) is 0 Å². The third-order valence-corrected chi connectivity index (χ3v) is 8.69. The van der Waals surface area contributed by atoms with Crippen molar-refractivity contribution < 1.29 is 23.4 Å². The van der Waals surface area contributed by atoms with E-state index in [0.29, 0.717) is 31.2 Å². The Labute approximate surface area is 208 Å². The van der Waals surface area contributed by atoms with Crippen molar-refractivity contribution in [2.75, 3.05) is 33.5 Å². The van der Waals surface area contributed by atoms with Crippen molar-refractivity contribution in [3.05, 3.63) is 41.7 Å². The van der Waals surface area contributed by atoms with Gasteiger partial charge in [0.25, 0.3) is 0 Å². The highest BCUT2D eigenvalue weighted by Gasteiger charge is 2.53. The molecule has 0 spiro atoms. The lowest BCUT2D eigenvalue weighted by molar-refractivity contribution is -0.139. The van der Waals surface area contributed by atoms with Crippen molar-refractivity contribution in [3.63, 3.8) is 0 Å². The summed E-state index contributed by atoms with van der Waals surface area (Å²) in [6, 6.07) is 8.49. The second-order valence-corrected chi connectivity index (χ2v) is 10.7. The molecule has 0 heterocycles. The molecular formula is C28H41FN2O4. The number of carbonyl (C=O) groups is 1. The lowest BCUT2D eigenvalue weighted by Gasteiger charge is -2.53. The third kappa shape index (κ3) is 6.07. The van der Waals surface area contributed by atoms with Crippen LogP contribution in [0.1, 0.15) is 69.8 Å². The molecule has 4 aliphatic carbocycles. The lowest BCUT2D eigenvalue weighted by Crippen LogP contribution is -2.54. The Balaban J connectivity index is 1.26. The highest BCUT2D eigenvalue weighted by molar-refractivity contribution is 5.83. The molecule has 3 N–H and O–H groups in total. The zero-order valence-corrected chi connectivity index (χ0v) is 21.0. The van der Waals surface area contributed by atoms with E-state index in [1.807, 2.05) is 12.1 Å². The average Bonchev–Trinajstić information content (AvgIpc) is 2.92. The van der Waals surface area contributed by atoms with Crippen molar-refractivity contribution in [1.29, 1.82) is 0 Å². The molecule has 5 rings (SSSR count). The summed E-state index contributed by atoms with van der Waals surface area (Å²) < 4.78 is 29.3. The number of nitrogens with two attached hydrogens (primary N) is 1. The smallest absolute Gasteiger partial charge is 0.226 e. The maximum atomic E-state index is 13.4. The van der Waals surface area contributed by atoms with Crippen LogP contribution in [0.3, 0.4) is 0 Å². The second kappa shape index (κ2) is 11.8. The number of methoxy groups -OCH3 is 1. The van der Waals surface area contributed by atoms with Gasteiger partial charge in [0.15, 0.2) is 0 Å². The fraction of sp³-hybridized carbons (Fsp3) is 0.679. The van der Waals surface area contributed by atoms with Gasteiger partial charge in [-0.25, -0.2) is 4.39 Å². The SMILES string of the molecule is COCCOC1CCC(NC(=O)C23CCC(c4ccc(OC/C(=C/F)CN)cc4)(CC2)CC3)CC1. The molecule has 1 amide bonds. The van der Waals surface area contributed by atoms with Crippen molar-refractivity contribution in [3.8, 4) is 5.75 Å². The van der Waals surface area contributed by atoms with Crippen LogP contribution in [0.4, 0.5) is 4.39 Å². The standard InChI is InChI=1S/C28H41FN2O4/c1-33-16-17-34-24-8-4-23(5-9-24)31-26(32)28-13-10-27(11-14-28,12-15-28)22-2-6-25(7-3-22)35-20-21(18-29)19-30/h2-3,6-7,18,23-24H,4-5,8-17,19-20,30H2,1H3,(H,31,32)/b21-18+. The Hall–Kier alpha value is -1.96. The summed E-state index contributed by atoms with van der Waals surface area (Å²) >= 11 is 0. The first-order valence-electron chi connectivity index (χ1n) is 13.2. The molecule has 194 valence electrons. The molecule has 4 aliphatic rings. The maximum absolute atomic E-state index is 13.4. The largest absolute Gasteiger partial charge is 0.489 e. The second-order valence-electron chi connectivity index (χ2n) is 10.7. The molecule has 7 heteroatoms. The van der Waals surface area contributed by atoms with Gasteiger partial charge in [-0.05, 0) is 87.3 Å². The molecule has 0 aliphatic heterocycles. The predicted octanol–water partition coefficient (Wildman–Crippen LogP) is 4.56. The Morgan fingerprint density at radius 3 is 2.29 bits per heavy atom. The van der Waals surface area contributed by atoms with E-state index in [1.165, 1.54) is 5.56 Å². The van der Waals surface area contributed by atoms with E-state index < -0.39 is 0 Å². The molecule has 0 radical (unpaired) electrons. The van der Waals surface area contributed by atoms with Crippen LogP contribution in [0.15, 0.2) is 36.2 Å². The number of carbonyl (C=O) groups excluding carboxylic acids is 1. The average molecular weight is 489 g/mol. The van der Waals surface area contributed by atoms with Crippen LogP contribution in [0.5, 0.6) is 5.75 Å². The van der Waals surface area contributed by atoms with Crippen molar-refractivity contribution in [2.24, 2.45) is 11.1 Å². The summed E-state index contributed by atoms with van der Waals surface area (Å²) in [7, 11) is 1.69. The van der Waals surface area contributed by atoms with Crippen LogP contribution in [-0.2, 0) is 19.7 Å². The number of hydrogen-bond donors (Lipinski definition) is 2. The van der Waals surface area contributed by atoms with Crippen molar-refractivity contribution in [2.45, 2.75) is 81.8 Å². The normalized spacial score (nSPS) is 30.8. The van der Waals surface area contributed by atoms with Gasteiger partial charge in [0.1, 0.15) is 12.4 Å². The minimum atomic E-state index is -0.200. The van der Waals surface area contributed by atoms with Crippen molar-refractivity contribution in [1.82, 2.24) is 5.32 Å². The molecular weight excluding hydrogens is 447 g/mol. The number of amides is 1. The highest BCUT2D eigenvalue weighted by Crippen LogP contribution is 2.58. The molecule has 0 saturated heterocycles. The van der Waals surface area contributed by atoms with Gasteiger partial charge >= 0.3 is 0 Å². The van der Waals surface area contributed by atoms with E-state index in [1.54, 1.807) is 7.11 Å². The van der Waals surface area contributed by atoms with E-state index >= 15 is 0 Å². The number of hydrogen-bond acceptors (Lipinski definition) is 5. The van der Waals surface area contributed by atoms with Gasteiger partial charge in [0.05, 0.1) is 25.6 Å². The summed E-state index contributed by atoms with van der Waals surface area (Å²) in [6.45, 7) is 1.59. The van der Waals surface area contributed by atoms with Gasteiger partial charge in [-0.3, -0.25) is 4.79 Å². The van der Waals surface area contributed by atoms with Crippen LogP contribution in [0.25, 0.3) is 0 Å². The number of nitrogens with one attached hydrogen (secondary N) is 1. The molecule has 0 atom stereocenters. The number of benzene rings is 1. The Bertz CT molecular complexity index is 840. The molecule has 1 aromatic rings. The van der Waals surface area contributed by atoms with Crippen LogP contribution >= 0.6 is 0 Å². The van der Waals surface area contributed by atoms with Gasteiger partial charge in [0.2, 0.25) is 5.91 Å². The molecule has 4 fully saturated rings. The summed E-state index contributed by atoms with van der Waals surface area (Å²) in [6.07, 6.45) is 10.8. The van der Waals surface area contributed by atoms with E-state index in [2.05, 4.69) is 17.4 Å². The summed E-state index contributed by atoms with van der Waals surface area (Å²) in [5, 5.41) is 3.41. The van der Waals surface area contributed by atoms with E-state index in [4.69, 9.17) is 19.9 Å². The molecule has 1 aromatic carbocycles. The first-order chi connectivity index (χ1) is 17.0. The number of rotatable bonds is 11. The van der Waals surface area contributed by atoms with Gasteiger partial charge in [-0.15, -0.1) is 0 Å². The molecule has 2 bridgehead atoms. The molecule has 35 heavy (non-hydrogen) atoms. The Kier molecular flexibility index (Phi) is 8.84. The molecule has 6 nitrogen and oxygen atoms in total. The zero-order chi connectivity index (χ0) is 24.7. The number of fused-ring (bicyclic) bond motifs is 3. The van der Waals surface area contributed by atoms with E-state index in [-0.39, 0.29) is 35.9 Å². The summed E-state index contributed by atoms with van der Waals surface area (Å²) in [4.78, 5) is 13.4. The van der Waals surface area contributed by atoms with Crippen LogP contribution in [0, 0.1) is 5.41 Å². The van der Waals surface area contributed by atoms with Crippen LogP contribution < -0.4 is 15.8 Å². The van der Waals surface area contributed by atoms with E-state index in [0.717, 1.165) is 70.0 Å². The third-order valence-electron chi connectivity index (χ3n) is 8.69. The minimum Gasteiger partial charge on any atom is -0.489 e. The number of ether oxygens (including phenoxy) is 3. The summed E-state index contributed by atoms with van der Waals surface area (Å²) in [5.74, 6) is 0.993. The summed E-state index contributed by atoms with van der Waals surface area (Å²) in [5.41, 5.74) is 7.21. The Morgan fingerprint density at radius 1 is 1.06 bits per heavy atom. The van der Waals surface area contributed by atoms with Gasteiger partial charge in [-0.1, -0.05) is 12.1 Å². The minimum absolute atomic E-state index is 0.150. The lowest BCUT2D eigenvalue weighted by atomic mass is 9.51. The topological polar surface area (TPSA) is 82.8 Å². The predicted molar refractivity (Wildman–Crippen MR) is 134 cm³/mol.